The lowest BCUT2D eigenvalue weighted by atomic mass is 10.00. The molecule has 9 nitrogen and oxygen atoms in total. The van der Waals surface area contributed by atoms with Crippen molar-refractivity contribution in [3.8, 4) is 0 Å². The summed E-state index contributed by atoms with van der Waals surface area (Å²) in [6.45, 7) is 3.40. The number of hydrogen-bond donors (Lipinski definition) is 3. The Balaban J connectivity index is 1.71. The first-order valence-electron chi connectivity index (χ1n) is 11.0. The molecule has 0 spiro atoms. The van der Waals surface area contributed by atoms with Gasteiger partial charge in [-0.25, -0.2) is 14.8 Å². The van der Waals surface area contributed by atoms with Crippen LogP contribution in [-0.2, 0) is 20.6 Å². The number of aromatic nitrogens is 2. The molecule has 0 amide bonds. The fourth-order valence-electron chi connectivity index (χ4n) is 3.97. The molecule has 4 rings (SSSR count). The van der Waals surface area contributed by atoms with E-state index in [2.05, 4.69) is 4.98 Å². The third-order valence-electron chi connectivity index (χ3n) is 6.00. The first-order chi connectivity index (χ1) is 16.3. The highest BCUT2D eigenvalue weighted by atomic mass is 16.7. The smallest absolute Gasteiger partial charge is 0.342 e. The molecule has 180 valence electrons. The summed E-state index contributed by atoms with van der Waals surface area (Å²) in [5, 5.41) is 29.6. The quantitative estimate of drug-likeness (QED) is 0.282. The van der Waals surface area contributed by atoms with E-state index >= 15 is 0 Å². The summed E-state index contributed by atoms with van der Waals surface area (Å²) in [4.78, 5) is 22.6. The molecular formula is C25H28N2O7. The average Bonchev–Trinajstić information content (AvgIpc) is 2.84. The molecule has 0 radical (unpaired) electrons. The molecule has 34 heavy (non-hydrogen) atoms. The standard InChI is InChI=1S/C25H28N2O7/c1-13(12-28)10-11-15-6-4-8-17-19(15)27-20-16(7-5-9-18(20)26-17)24(31)34-25-23(32-3)22(30)21(29)14(2)33-25/h4-10,14,21-23,25,28-30H,11-12H2,1-3H3/t14-,21-,22+,23+,25+/m0/s1. The molecule has 1 aliphatic heterocycles. The molecule has 1 saturated heterocycles. The molecule has 0 bridgehead atoms. The molecule has 0 saturated carbocycles. The van der Waals surface area contributed by atoms with Gasteiger partial charge in [-0.3, -0.25) is 0 Å². The van der Waals surface area contributed by atoms with Crippen molar-refractivity contribution in [1.29, 1.82) is 0 Å². The van der Waals surface area contributed by atoms with Crippen LogP contribution in [0.3, 0.4) is 0 Å². The number of allylic oxidation sites excluding steroid dienone is 1. The van der Waals surface area contributed by atoms with Crippen LogP contribution < -0.4 is 0 Å². The summed E-state index contributed by atoms with van der Waals surface area (Å²) in [5.41, 5.74) is 4.17. The number of ether oxygens (including phenoxy) is 3. The molecule has 1 fully saturated rings. The Kier molecular flexibility index (Phi) is 7.20. The summed E-state index contributed by atoms with van der Waals surface area (Å²) in [7, 11) is 1.34. The van der Waals surface area contributed by atoms with E-state index in [-0.39, 0.29) is 12.2 Å². The van der Waals surface area contributed by atoms with E-state index in [1.807, 2.05) is 31.2 Å². The van der Waals surface area contributed by atoms with Crippen molar-refractivity contribution in [2.75, 3.05) is 13.7 Å². The molecule has 9 heteroatoms. The number of aliphatic hydroxyl groups excluding tert-OH is 3. The minimum absolute atomic E-state index is 0.0224. The number of para-hydroxylation sites is 2. The fraction of sp³-hybridized carbons (Fsp3) is 0.400. The Morgan fingerprint density at radius 3 is 2.50 bits per heavy atom. The minimum atomic E-state index is -1.28. The number of nitrogens with zero attached hydrogens (tertiary/aromatic N) is 2. The van der Waals surface area contributed by atoms with Gasteiger partial charge in [0.2, 0.25) is 6.29 Å². The number of esters is 1. The number of rotatable bonds is 6. The molecule has 5 atom stereocenters. The summed E-state index contributed by atoms with van der Waals surface area (Å²) in [6.07, 6.45) is -2.99. The SMILES string of the molecule is CO[C@H]1[C@@H](OC(=O)c2cccc3nc4cccc(CC=C(C)CO)c4nc23)O[C@@H](C)[C@H](O)[C@H]1O. The van der Waals surface area contributed by atoms with Crippen LogP contribution in [0, 0.1) is 0 Å². The van der Waals surface area contributed by atoms with E-state index in [4.69, 9.17) is 19.2 Å². The lowest BCUT2D eigenvalue weighted by molar-refractivity contribution is -0.281. The van der Waals surface area contributed by atoms with Gasteiger partial charge in [0, 0.05) is 7.11 Å². The highest BCUT2D eigenvalue weighted by molar-refractivity contribution is 6.03. The molecule has 2 aromatic carbocycles. The highest BCUT2D eigenvalue weighted by Crippen LogP contribution is 2.27. The molecule has 0 unspecified atom stereocenters. The van der Waals surface area contributed by atoms with Crippen LogP contribution in [0.2, 0.25) is 0 Å². The first kappa shape index (κ1) is 24.2. The van der Waals surface area contributed by atoms with E-state index in [1.54, 1.807) is 25.1 Å². The monoisotopic (exact) mass is 468 g/mol. The maximum atomic E-state index is 13.2. The van der Waals surface area contributed by atoms with Crippen LogP contribution in [0.25, 0.3) is 22.1 Å². The second kappa shape index (κ2) is 10.1. The summed E-state index contributed by atoms with van der Waals surface area (Å²) >= 11 is 0. The Bertz CT molecular complexity index is 1230. The Morgan fingerprint density at radius 2 is 1.79 bits per heavy atom. The molecule has 3 aromatic rings. The van der Waals surface area contributed by atoms with Gasteiger partial charge in [0.05, 0.1) is 34.8 Å². The van der Waals surface area contributed by atoms with Gasteiger partial charge in [-0.05, 0) is 44.0 Å². The van der Waals surface area contributed by atoms with Crippen LogP contribution >= 0.6 is 0 Å². The summed E-state index contributed by atoms with van der Waals surface area (Å²) in [6, 6.07) is 10.7. The van der Waals surface area contributed by atoms with Gasteiger partial charge >= 0.3 is 5.97 Å². The van der Waals surface area contributed by atoms with Crippen molar-refractivity contribution < 1.29 is 34.3 Å². The second-order valence-corrected chi connectivity index (χ2v) is 8.39. The maximum absolute atomic E-state index is 13.2. The van der Waals surface area contributed by atoms with Crippen molar-refractivity contribution >= 4 is 28.0 Å². The number of benzene rings is 2. The third-order valence-corrected chi connectivity index (χ3v) is 6.00. The topological polar surface area (TPSA) is 131 Å². The van der Waals surface area contributed by atoms with Gasteiger partial charge in [0.15, 0.2) is 0 Å². The van der Waals surface area contributed by atoms with Crippen LogP contribution in [0.5, 0.6) is 0 Å². The average molecular weight is 469 g/mol. The number of carbonyl (C=O) groups is 1. The maximum Gasteiger partial charge on any atom is 0.342 e. The predicted molar refractivity (Wildman–Crippen MR) is 124 cm³/mol. The van der Waals surface area contributed by atoms with Crippen molar-refractivity contribution in [1.82, 2.24) is 9.97 Å². The Morgan fingerprint density at radius 1 is 1.09 bits per heavy atom. The van der Waals surface area contributed by atoms with Crippen molar-refractivity contribution in [3.63, 3.8) is 0 Å². The predicted octanol–water partition coefficient (Wildman–Crippen LogP) is 1.90. The van der Waals surface area contributed by atoms with Gasteiger partial charge in [-0.1, -0.05) is 29.8 Å². The number of aliphatic hydroxyl groups is 3. The van der Waals surface area contributed by atoms with Crippen LogP contribution in [0.4, 0.5) is 0 Å². The van der Waals surface area contributed by atoms with E-state index in [0.717, 1.165) is 11.1 Å². The van der Waals surface area contributed by atoms with E-state index in [9.17, 15) is 20.1 Å². The van der Waals surface area contributed by atoms with Crippen molar-refractivity contribution in [2.24, 2.45) is 0 Å². The van der Waals surface area contributed by atoms with Gasteiger partial charge in [0.25, 0.3) is 0 Å². The van der Waals surface area contributed by atoms with Gasteiger partial charge in [-0.15, -0.1) is 0 Å². The second-order valence-electron chi connectivity index (χ2n) is 8.39. The zero-order valence-electron chi connectivity index (χ0n) is 19.2. The first-order valence-corrected chi connectivity index (χ1v) is 11.0. The van der Waals surface area contributed by atoms with Crippen LogP contribution in [0.15, 0.2) is 48.0 Å². The zero-order chi connectivity index (χ0) is 24.4. The van der Waals surface area contributed by atoms with Crippen molar-refractivity contribution in [3.05, 3.63) is 59.2 Å². The van der Waals surface area contributed by atoms with Gasteiger partial charge in [-0.2, -0.15) is 0 Å². The van der Waals surface area contributed by atoms with Crippen molar-refractivity contribution in [2.45, 2.75) is 51.0 Å². The van der Waals surface area contributed by atoms with Gasteiger partial charge < -0.3 is 29.5 Å². The summed E-state index contributed by atoms with van der Waals surface area (Å²) < 4.78 is 16.4. The van der Waals surface area contributed by atoms with Crippen LogP contribution in [-0.4, -0.2) is 75.7 Å². The lowest BCUT2D eigenvalue weighted by Gasteiger charge is -2.40. The molecular weight excluding hydrogens is 440 g/mol. The highest BCUT2D eigenvalue weighted by Gasteiger charge is 2.45. The molecule has 1 aromatic heterocycles. The molecule has 0 aliphatic carbocycles. The Labute approximate surface area is 196 Å². The molecule has 2 heterocycles. The van der Waals surface area contributed by atoms with E-state index in [1.165, 1.54) is 7.11 Å². The molecule has 3 N–H and O–H groups in total. The van der Waals surface area contributed by atoms with Crippen LogP contribution in [0.1, 0.15) is 29.8 Å². The number of carbonyl (C=O) groups excluding carboxylic acids is 1. The fourth-order valence-corrected chi connectivity index (χ4v) is 3.97. The largest absolute Gasteiger partial charge is 0.429 e. The summed E-state index contributed by atoms with van der Waals surface area (Å²) in [5.74, 6) is -0.712. The van der Waals surface area contributed by atoms with E-state index in [0.29, 0.717) is 28.5 Å². The number of hydrogen-bond acceptors (Lipinski definition) is 9. The normalized spacial score (nSPS) is 25.6. The number of fused-ring (bicyclic) bond motifs is 2. The Hall–Kier alpha value is -2.95. The zero-order valence-corrected chi connectivity index (χ0v) is 19.2. The molecule has 1 aliphatic rings. The van der Waals surface area contributed by atoms with Gasteiger partial charge in [0.1, 0.15) is 23.8 Å². The van der Waals surface area contributed by atoms with E-state index < -0.39 is 36.7 Å². The number of methoxy groups -OCH3 is 1. The minimum Gasteiger partial charge on any atom is -0.429 e. The lowest BCUT2D eigenvalue weighted by Crippen LogP contribution is -2.58. The third kappa shape index (κ3) is 4.66.